The Kier molecular flexibility index (Phi) is 9.94. The van der Waals surface area contributed by atoms with Gasteiger partial charge in [-0.3, -0.25) is 4.79 Å². The van der Waals surface area contributed by atoms with Crippen molar-refractivity contribution in [3.63, 3.8) is 0 Å². The molecule has 5 nitrogen and oxygen atoms in total. The van der Waals surface area contributed by atoms with Crippen LogP contribution in [-0.2, 0) is 17.9 Å². The summed E-state index contributed by atoms with van der Waals surface area (Å²) in [5.41, 5.74) is 1.62. The molecule has 1 atom stereocenters. The van der Waals surface area contributed by atoms with Gasteiger partial charge in [0.2, 0.25) is 0 Å². The van der Waals surface area contributed by atoms with Gasteiger partial charge in [-0.2, -0.15) is 11.8 Å². The van der Waals surface area contributed by atoms with E-state index >= 15 is 0 Å². The quantitative estimate of drug-likeness (QED) is 0.452. The standard InChI is InChI=1S/C21H25Cl2NO4S/c1-3-27-20-11-14(12-24-18(21(25)26)9-10-29-2)7-8-19(20)28-13-15-16(22)5-4-6-17(15)23/h4-8,11,18,24H,3,9-10,12-13H2,1-2H3,(H,25,26). The normalized spacial score (nSPS) is 11.9. The van der Waals surface area contributed by atoms with Gasteiger partial charge in [-0.1, -0.05) is 35.3 Å². The maximum atomic E-state index is 11.4. The van der Waals surface area contributed by atoms with E-state index in [1.54, 1.807) is 30.0 Å². The van der Waals surface area contributed by atoms with E-state index in [1.807, 2.05) is 31.4 Å². The number of aliphatic carboxylic acids is 1. The van der Waals surface area contributed by atoms with Crippen LogP contribution in [0.4, 0.5) is 0 Å². The lowest BCUT2D eigenvalue weighted by molar-refractivity contribution is -0.139. The third kappa shape index (κ3) is 7.30. The predicted molar refractivity (Wildman–Crippen MR) is 120 cm³/mol. The highest BCUT2D eigenvalue weighted by Crippen LogP contribution is 2.31. The number of carbonyl (C=O) groups is 1. The van der Waals surface area contributed by atoms with Crippen LogP contribution in [0.1, 0.15) is 24.5 Å². The number of nitrogens with one attached hydrogen (secondary N) is 1. The van der Waals surface area contributed by atoms with Crippen LogP contribution in [-0.4, -0.2) is 35.7 Å². The molecule has 0 saturated heterocycles. The molecule has 0 saturated carbocycles. The molecular formula is C21H25Cl2NO4S. The van der Waals surface area contributed by atoms with Crippen LogP contribution < -0.4 is 14.8 Å². The molecule has 2 N–H and O–H groups in total. The van der Waals surface area contributed by atoms with Gasteiger partial charge in [0.05, 0.1) is 6.61 Å². The Bertz CT molecular complexity index is 799. The lowest BCUT2D eigenvalue weighted by Gasteiger charge is -2.17. The van der Waals surface area contributed by atoms with Crippen molar-refractivity contribution in [2.24, 2.45) is 0 Å². The number of benzene rings is 2. The lowest BCUT2D eigenvalue weighted by Crippen LogP contribution is -2.36. The molecule has 0 spiro atoms. The Balaban J connectivity index is 2.08. The molecule has 0 aromatic heterocycles. The van der Waals surface area contributed by atoms with Gasteiger partial charge in [-0.15, -0.1) is 0 Å². The molecule has 29 heavy (non-hydrogen) atoms. The van der Waals surface area contributed by atoms with Gasteiger partial charge in [-0.05, 0) is 55.2 Å². The summed E-state index contributed by atoms with van der Waals surface area (Å²) in [6.07, 6.45) is 2.52. The van der Waals surface area contributed by atoms with Crippen molar-refractivity contribution in [3.05, 3.63) is 57.6 Å². The number of rotatable bonds is 12. The monoisotopic (exact) mass is 457 g/mol. The number of ether oxygens (including phenoxy) is 2. The fourth-order valence-electron chi connectivity index (χ4n) is 2.66. The van der Waals surface area contributed by atoms with Gasteiger partial charge >= 0.3 is 5.97 Å². The molecule has 0 amide bonds. The van der Waals surface area contributed by atoms with Gasteiger partial charge < -0.3 is 19.9 Å². The largest absolute Gasteiger partial charge is 0.490 e. The molecule has 0 aliphatic carbocycles. The van der Waals surface area contributed by atoms with Crippen LogP contribution in [0.5, 0.6) is 11.5 Å². The SMILES string of the molecule is CCOc1cc(CNC(CCSC)C(=O)O)ccc1OCc1c(Cl)cccc1Cl. The molecule has 0 heterocycles. The summed E-state index contributed by atoms with van der Waals surface area (Å²) in [7, 11) is 0. The Morgan fingerprint density at radius 1 is 1.17 bits per heavy atom. The zero-order chi connectivity index (χ0) is 21.2. The van der Waals surface area contributed by atoms with Crippen molar-refractivity contribution in [1.29, 1.82) is 0 Å². The van der Waals surface area contributed by atoms with E-state index in [0.29, 0.717) is 46.7 Å². The van der Waals surface area contributed by atoms with Crippen molar-refractivity contribution in [3.8, 4) is 11.5 Å². The molecule has 8 heteroatoms. The maximum absolute atomic E-state index is 11.4. The Labute approximate surface area is 185 Å². The van der Waals surface area contributed by atoms with Crippen LogP contribution in [0.2, 0.25) is 10.0 Å². The summed E-state index contributed by atoms with van der Waals surface area (Å²) in [5.74, 6) is 1.10. The zero-order valence-corrected chi connectivity index (χ0v) is 18.7. The summed E-state index contributed by atoms with van der Waals surface area (Å²) in [6.45, 7) is 3.00. The number of carboxylic acids is 1. The summed E-state index contributed by atoms with van der Waals surface area (Å²) in [6, 6.07) is 10.3. The molecule has 0 aliphatic heterocycles. The van der Waals surface area contributed by atoms with Crippen molar-refractivity contribution in [2.45, 2.75) is 32.5 Å². The first kappa shape index (κ1) is 23.7. The van der Waals surface area contributed by atoms with E-state index in [9.17, 15) is 9.90 Å². The van der Waals surface area contributed by atoms with Gasteiger partial charge in [0.1, 0.15) is 12.6 Å². The lowest BCUT2D eigenvalue weighted by atomic mass is 10.1. The molecule has 0 bridgehead atoms. The van der Waals surface area contributed by atoms with E-state index in [4.69, 9.17) is 32.7 Å². The fourth-order valence-corrected chi connectivity index (χ4v) is 3.64. The van der Waals surface area contributed by atoms with Crippen molar-refractivity contribution in [1.82, 2.24) is 5.32 Å². The Morgan fingerprint density at radius 2 is 1.90 bits per heavy atom. The molecule has 158 valence electrons. The van der Waals surface area contributed by atoms with Crippen LogP contribution in [0.25, 0.3) is 0 Å². The highest BCUT2D eigenvalue weighted by Gasteiger charge is 2.17. The third-order valence-electron chi connectivity index (χ3n) is 4.20. The first-order valence-corrected chi connectivity index (χ1v) is 11.4. The van der Waals surface area contributed by atoms with Gasteiger partial charge in [0.15, 0.2) is 11.5 Å². The average Bonchev–Trinajstić information content (AvgIpc) is 2.69. The predicted octanol–water partition coefficient (Wildman–Crippen LogP) is 5.27. The van der Waals surface area contributed by atoms with Crippen LogP contribution in [0.3, 0.4) is 0 Å². The zero-order valence-electron chi connectivity index (χ0n) is 16.4. The maximum Gasteiger partial charge on any atom is 0.320 e. The minimum absolute atomic E-state index is 0.214. The number of carboxylic acid groups (broad SMARTS) is 1. The second kappa shape index (κ2) is 12.2. The topological polar surface area (TPSA) is 67.8 Å². The van der Waals surface area contributed by atoms with Gasteiger partial charge in [-0.25, -0.2) is 0 Å². The molecular weight excluding hydrogens is 433 g/mol. The van der Waals surface area contributed by atoms with Gasteiger partial charge in [0, 0.05) is 22.2 Å². The minimum atomic E-state index is -0.847. The molecule has 2 aromatic carbocycles. The number of hydrogen-bond donors (Lipinski definition) is 2. The fraction of sp³-hybridized carbons (Fsp3) is 0.381. The van der Waals surface area contributed by atoms with Crippen LogP contribution >= 0.6 is 35.0 Å². The third-order valence-corrected chi connectivity index (χ3v) is 5.56. The van der Waals surface area contributed by atoms with Crippen molar-refractivity contribution >= 4 is 40.9 Å². The Morgan fingerprint density at radius 3 is 2.52 bits per heavy atom. The molecule has 0 fully saturated rings. The molecule has 1 unspecified atom stereocenters. The van der Waals surface area contributed by atoms with Crippen LogP contribution in [0.15, 0.2) is 36.4 Å². The Hall–Kier alpha value is -1.60. The molecule has 0 radical (unpaired) electrons. The highest BCUT2D eigenvalue weighted by atomic mass is 35.5. The first-order valence-electron chi connectivity index (χ1n) is 9.22. The van der Waals surface area contributed by atoms with Gasteiger partial charge in [0.25, 0.3) is 0 Å². The van der Waals surface area contributed by atoms with E-state index < -0.39 is 12.0 Å². The van der Waals surface area contributed by atoms with Crippen LogP contribution in [0, 0.1) is 0 Å². The minimum Gasteiger partial charge on any atom is -0.490 e. The summed E-state index contributed by atoms with van der Waals surface area (Å²) < 4.78 is 11.6. The van der Waals surface area contributed by atoms with Crippen molar-refractivity contribution in [2.75, 3.05) is 18.6 Å². The van der Waals surface area contributed by atoms with E-state index in [0.717, 1.165) is 11.3 Å². The molecule has 0 aliphatic rings. The number of hydrogen-bond acceptors (Lipinski definition) is 5. The second-order valence-corrected chi connectivity index (χ2v) is 8.06. The van der Waals surface area contributed by atoms with E-state index in [2.05, 4.69) is 5.32 Å². The summed E-state index contributed by atoms with van der Waals surface area (Å²) in [4.78, 5) is 11.4. The first-order chi connectivity index (χ1) is 14.0. The molecule has 2 rings (SSSR count). The van der Waals surface area contributed by atoms with E-state index in [-0.39, 0.29) is 6.61 Å². The second-order valence-electron chi connectivity index (χ2n) is 6.26. The van der Waals surface area contributed by atoms with E-state index in [1.165, 1.54) is 0 Å². The smallest absolute Gasteiger partial charge is 0.320 e. The highest BCUT2D eigenvalue weighted by molar-refractivity contribution is 7.98. The number of halogens is 2. The average molecular weight is 458 g/mol. The summed E-state index contributed by atoms with van der Waals surface area (Å²) in [5, 5.41) is 13.5. The summed E-state index contributed by atoms with van der Waals surface area (Å²) >= 11 is 14.0. The number of thioether (sulfide) groups is 1. The van der Waals surface area contributed by atoms with Crippen molar-refractivity contribution < 1.29 is 19.4 Å². The molecule has 2 aromatic rings.